The summed E-state index contributed by atoms with van der Waals surface area (Å²) >= 11 is 0. The molecule has 0 radical (unpaired) electrons. The minimum Gasteiger partial charge on any atom is -0.503 e. The number of hydrogen-bond acceptors (Lipinski definition) is 13. The maximum atomic E-state index is 12.8. The van der Waals surface area contributed by atoms with Gasteiger partial charge in [-0.15, -0.1) is 0 Å². The minimum absolute atomic E-state index is 0.00340. The lowest BCUT2D eigenvalue weighted by molar-refractivity contribution is -0.154. The Morgan fingerprint density at radius 3 is 1.44 bits per heavy atom. The summed E-state index contributed by atoms with van der Waals surface area (Å²) in [6.45, 7) is 16.2. The van der Waals surface area contributed by atoms with Crippen LogP contribution in [0.1, 0.15) is 116 Å². The number of aromatic nitrogens is 2. The lowest BCUT2D eigenvalue weighted by Crippen LogP contribution is -2.26. The Hall–Kier alpha value is -6.11. The molecule has 2 aromatic carbocycles. The second-order valence-corrected chi connectivity index (χ2v) is 14.6. The van der Waals surface area contributed by atoms with Crippen LogP contribution in [0.15, 0.2) is 73.1 Å². The van der Waals surface area contributed by atoms with Crippen LogP contribution in [0.4, 0.5) is 0 Å². The van der Waals surface area contributed by atoms with E-state index in [0.717, 1.165) is 22.3 Å². The van der Waals surface area contributed by atoms with Crippen molar-refractivity contribution >= 4 is 29.5 Å². The molecule has 0 bridgehead atoms. The number of aromatic hydroxyl groups is 1. The zero-order valence-corrected chi connectivity index (χ0v) is 35.7. The molecule has 2 aromatic heterocycles. The predicted molar refractivity (Wildman–Crippen MR) is 221 cm³/mol. The largest absolute Gasteiger partial charge is 0.503 e. The van der Waals surface area contributed by atoms with Gasteiger partial charge in [-0.2, -0.15) is 0 Å². The third kappa shape index (κ3) is 12.9. The molecule has 0 aliphatic rings. The van der Waals surface area contributed by atoms with Gasteiger partial charge in [-0.25, -0.2) is 9.97 Å². The number of pyridine rings is 2. The van der Waals surface area contributed by atoms with Crippen molar-refractivity contribution in [2.24, 2.45) is 11.8 Å². The van der Waals surface area contributed by atoms with Crippen molar-refractivity contribution in [2.45, 2.75) is 99.2 Å². The van der Waals surface area contributed by atoms with Gasteiger partial charge in [0, 0.05) is 56.1 Å². The van der Waals surface area contributed by atoms with E-state index in [1.165, 1.54) is 45.7 Å². The Kier molecular flexibility index (Phi) is 17.7. The van der Waals surface area contributed by atoms with E-state index >= 15 is 0 Å². The third-order valence-corrected chi connectivity index (χ3v) is 10.1. The minimum atomic E-state index is -0.697. The van der Waals surface area contributed by atoms with Gasteiger partial charge in [0.2, 0.25) is 5.75 Å². The SMILES string of the molecule is COc1ccnc(C(=O)C[C@@H](C)C(=O)O[C@@H](C)[C@@H](C)c2ccccc2C)c1O.COc1ccnc(C(=O)C[C@@H](C)C(=O)O[C@@H](C)[C@@H](C)c2ccccc2C)c1OC(C)=O. The van der Waals surface area contributed by atoms with Crippen molar-refractivity contribution in [3.8, 4) is 23.0 Å². The number of carbonyl (C=O) groups is 5. The van der Waals surface area contributed by atoms with E-state index in [9.17, 15) is 29.1 Å². The van der Waals surface area contributed by atoms with Crippen LogP contribution in [-0.2, 0) is 23.9 Å². The van der Waals surface area contributed by atoms with Crippen LogP contribution in [0.5, 0.6) is 23.0 Å². The number of ether oxygens (including phenoxy) is 5. The molecule has 1 N–H and O–H groups in total. The average molecular weight is 813 g/mol. The predicted octanol–water partition coefficient (Wildman–Crippen LogP) is 8.32. The normalized spacial score (nSPS) is 13.8. The van der Waals surface area contributed by atoms with E-state index in [1.54, 1.807) is 13.8 Å². The van der Waals surface area contributed by atoms with Gasteiger partial charge in [-0.3, -0.25) is 24.0 Å². The van der Waals surface area contributed by atoms with Gasteiger partial charge in [-0.05, 0) is 49.9 Å². The maximum absolute atomic E-state index is 12.8. The van der Waals surface area contributed by atoms with Gasteiger partial charge in [0.25, 0.3) is 0 Å². The van der Waals surface area contributed by atoms with E-state index in [2.05, 4.69) is 9.97 Å². The Balaban J connectivity index is 0.000000317. The van der Waals surface area contributed by atoms with Crippen LogP contribution in [0.2, 0.25) is 0 Å². The molecule has 0 spiro atoms. The number of nitrogens with zero attached hydrogens (tertiary/aromatic N) is 2. The number of methoxy groups -OCH3 is 2. The summed E-state index contributed by atoms with van der Waals surface area (Å²) in [6, 6.07) is 18.9. The molecular formula is C46H56N2O11. The number of esters is 3. The number of Topliss-reactive ketones (excluding diaryl/α,β-unsaturated/α-hetero) is 2. The topological polar surface area (TPSA) is 178 Å². The van der Waals surface area contributed by atoms with Crippen molar-refractivity contribution in [3.05, 3.63) is 107 Å². The van der Waals surface area contributed by atoms with Gasteiger partial charge < -0.3 is 28.8 Å². The molecule has 13 heteroatoms. The summed E-state index contributed by atoms with van der Waals surface area (Å²) in [5, 5.41) is 10.1. The highest BCUT2D eigenvalue weighted by atomic mass is 16.6. The smallest absolute Gasteiger partial charge is 0.309 e. The van der Waals surface area contributed by atoms with Crippen molar-refractivity contribution in [1.82, 2.24) is 9.97 Å². The van der Waals surface area contributed by atoms with Crippen molar-refractivity contribution in [3.63, 3.8) is 0 Å². The Bertz CT molecular complexity index is 2100. The molecule has 316 valence electrons. The fourth-order valence-electron chi connectivity index (χ4n) is 6.26. The molecule has 6 atom stereocenters. The molecule has 0 unspecified atom stereocenters. The lowest BCUT2D eigenvalue weighted by atomic mass is 9.92. The fourth-order valence-corrected chi connectivity index (χ4v) is 6.26. The summed E-state index contributed by atoms with van der Waals surface area (Å²) in [6.07, 6.45) is 1.80. The first-order valence-electron chi connectivity index (χ1n) is 19.4. The monoisotopic (exact) mass is 812 g/mol. The Morgan fingerprint density at radius 2 is 1.02 bits per heavy atom. The van der Waals surface area contributed by atoms with Crippen LogP contribution in [-0.4, -0.2) is 71.0 Å². The van der Waals surface area contributed by atoms with Gasteiger partial charge in [0.1, 0.15) is 12.2 Å². The van der Waals surface area contributed by atoms with Crippen molar-refractivity contribution in [2.75, 3.05) is 14.2 Å². The van der Waals surface area contributed by atoms with Crippen LogP contribution in [0.25, 0.3) is 0 Å². The molecule has 4 rings (SSSR count). The summed E-state index contributed by atoms with van der Waals surface area (Å²) in [5.74, 6) is -3.75. The maximum Gasteiger partial charge on any atom is 0.309 e. The van der Waals surface area contributed by atoms with E-state index < -0.39 is 41.3 Å². The molecule has 13 nitrogen and oxygen atoms in total. The van der Waals surface area contributed by atoms with E-state index in [-0.39, 0.29) is 71.3 Å². The number of rotatable bonds is 17. The summed E-state index contributed by atoms with van der Waals surface area (Å²) in [4.78, 5) is 69.7. The van der Waals surface area contributed by atoms with Crippen molar-refractivity contribution < 1.29 is 52.8 Å². The Labute approximate surface area is 346 Å². The molecule has 2 heterocycles. The van der Waals surface area contributed by atoms with E-state index in [0.29, 0.717) is 0 Å². The lowest BCUT2D eigenvalue weighted by Gasteiger charge is -2.23. The standard InChI is InChI=1S/C24H29NO6.C22H27NO5/c1-14-9-7-8-10-19(14)16(3)17(4)30-24(28)15(2)13-20(27)22-23(31-18(5)26)21(29-6)11-12-25-22;1-13-8-6-7-9-17(13)15(3)16(4)28-22(26)14(2)12-18(24)20-21(25)19(27-5)10-11-23-20/h7-12,15-17H,13H2,1-6H3;6-11,14-16,25H,12H2,1-5H3/t15-,16-,17+;14-,15-,16+/m11/s1. The van der Waals surface area contributed by atoms with Crippen LogP contribution < -0.4 is 14.2 Å². The number of aryl methyl sites for hydroxylation is 2. The van der Waals surface area contributed by atoms with Crippen LogP contribution in [0, 0.1) is 25.7 Å². The average Bonchev–Trinajstić information content (AvgIpc) is 3.20. The quantitative estimate of drug-likeness (QED) is 0.0796. The van der Waals surface area contributed by atoms with Gasteiger partial charge >= 0.3 is 17.9 Å². The molecular weight excluding hydrogens is 757 g/mol. The number of benzene rings is 2. The first kappa shape index (κ1) is 47.3. The number of ketones is 2. The molecule has 0 aliphatic carbocycles. The van der Waals surface area contributed by atoms with E-state index in [1.807, 2.05) is 90.1 Å². The first-order valence-corrected chi connectivity index (χ1v) is 19.4. The summed E-state index contributed by atoms with van der Waals surface area (Å²) < 4.78 is 26.5. The summed E-state index contributed by atoms with van der Waals surface area (Å²) in [7, 11) is 2.79. The molecule has 0 fully saturated rings. The highest BCUT2D eigenvalue weighted by Gasteiger charge is 2.29. The van der Waals surface area contributed by atoms with E-state index in [4.69, 9.17) is 23.7 Å². The zero-order chi connectivity index (χ0) is 44.0. The second kappa shape index (κ2) is 22.2. The Morgan fingerprint density at radius 1 is 0.610 bits per heavy atom. The summed E-state index contributed by atoms with van der Waals surface area (Å²) in [5.41, 5.74) is 4.33. The molecule has 0 saturated heterocycles. The highest BCUT2D eigenvalue weighted by molar-refractivity contribution is 6.00. The van der Waals surface area contributed by atoms with Crippen LogP contribution >= 0.6 is 0 Å². The molecule has 4 aromatic rings. The van der Waals surface area contributed by atoms with Crippen molar-refractivity contribution in [1.29, 1.82) is 0 Å². The highest BCUT2D eigenvalue weighted by Crippen LogP contribution is 2.33. The fraction of sp³-hybridized carbons (Fsp3) is 0.413. The molecule has 0 aliphatic heterocycles. The second-order valence-electron chi connectivity index (χ2n) is 14.6. The molecule has 59 heavy (non-hydrogen) atoms. The van der Waals surface area contributed by atoms with Crippen LogP contribution in [0.3, 0.4) is 0 Å². The molecule has 0 saturated carbocycles. The molecule has 0 amide bonds. The van der Waals surface area contributed by atoms with Gasteiger partial charge in [0.05, 0.1) is 26.1 Å². The number of hydrogen-bond donors (Lipinski definition) is 1. The van der Waals surface area contributed by atoms with Gasteiger partial charge in [-0.1, -0.05) is 76.2 Å². The van der Waals surface area contributed by atoms with Gasteiger partial charge in [0.15, 0.2) is 40.2 Å². The zero-order valence-electron chi connectivity index (χ0n) is 35.7. The third-order valence-electron chi connectivity index (χ3n) is 10.1. The first-order chi connectivity index (χ1) is 27.9. The number of carbonyl (C=O) groups excluding carboxylic acids is 5.